The van der Waals surface area contributed by atoms with Crippen LogP contribution in [0, 0.1) is 12.7 Å². The minimum atomic E-state index is -0.339. The minimum Gasteiger partial charge on any atom is -0.392 e. The van der Waals surface area contributed by atoms with E-state index in [0.717, 1.165) is 16.9 Å². The van der Waals surface area contributed by atoms with Gasteiger partial charge in [-0.05, 0) is 42.9 Å². The van der Waals surface area contributed by atoms with E-state index in [1.807, 2.05) is 13.2 Å². The molecule has 0 heterocycles. The van der Waals surface area contributed by atoms with Gasteiger partial charge >= 0.3 is 0 Å². The Labute approximate surface area is 88.3 Å². The van der Waals surface area contributed by atoms with Crippen molar-refractivity contribution < 1.29 is 9.50 Å². The van der Waals surface area contributed by atoms with Gasteiger partial charge in [0.15, 0.2) is 0 Å². The number of aliphatic hydroxyl groups is 1. The summed E-state index contributed by atoms with van der Waals surface area (Å²) in [5.74, 6) is 0.502. The van der Waals surface area contributed by atoms with Crippen molar-refractivity contribution >= 4 is 11.8 Å². The Morgan fingerprint density at radius 3 is 2.79 bits per heavy atom. The van der Waals surface area contributed by atoms with Gasteiger partial charge in [0.25, 0.3) is 0 Å². The molecule has 0 aromatic heterocycles. The van der Waals surface area contributed by atoms with Crippen molar-refractivity contribution in [2.75, 3.05) is 12.0 Å². The van der Waals surface area contributed by atoms with E-state index in [2.05, 4.69) is 0 Å². The van der Waals surface area contributed by atoms with Gasteiger partial charge in [-0.1, -0.05) is 6.07 Å². The van der Waals surface area contributed by atoms with E-state index in [0.29, 0.717) is 6.42 Å². The van der Waals surface area contributed by atoms with Gasteiger partial charge < -0.3 is 5.11 Å². The van der Waals surface area contributed by atoms with Gasteiger partial charge in [-0.2, -0.15) is 11.8 Å². The number of hydrogen-bond acceptors (Lipinski definition) is 2. The van der Waals surface area contributed by atoms with Crippen LogP contribution in [0.15, 0.2) is 18.2 Å². The Kier molecular flexibility index (Phi) is 4.42. The highest BCUT2D eigenvalue weighted by Crippen LogP contribution is 2.13. The maximum Gasteiger partial charge on any atom is 0.123 e. The van der Waals surface area contributed by atoms with E-state index in [1.165, 1.54) is 12.1 Å². The van der Waals surface area contributed by atoms with E-state index in [4.69, 9.17) is 0 Å². The van der Waals surface area contributed by atoms with Gasteiger partial charge in [0.1, 0.15) is 5.82 Å². The first-order valence-electron chi connectivity index (χ1n) is 4.55. The SMILES string of the molecule is CSCC(O)Cc1ccc(F)cc1C. The minimum absolute atomic E-state index is 0.217. The average Bonchev–Trinajstić information content (AvgIpc) is 2.10. The highest BCUT2D eigenvalue weighted by atomic mass is 32.2. The van der Waals surface area contributed by atoms with Crippen molar-refractivity contribution in [1.82, 2.24) is 0 Å². The van der Waals surface area contributed by atoms with Crippen LogP contribution in [0.3, 0.4) is 0 Å². The van der Waals surface area contributed by atoms with Crippen molar-refractivity contribution in [3.8, 4) is 0 Å². The number of aliphatic hydroxyl groups excluding tert-OH is 1. The van der Waals surface area contributed by atoms with Gasteiger partial charge in [-0.3, -0.25) is 0 Å². The molecule has 0 bridgehead atoms. The van der Waals surface area contributed by atoms with Crippen LogP contribution in [-0.4, -0.2) is 23.2 Å². The summed E-state index contributed by atoms with van der Waals surface area (Å²) in [4.78, 5) is 0. The molecule has 0 amide bonds. The quantitative estimate of drug-likeness (QED) is 0.830. The molecule has 1 aromatic rings. The summed E-state index contributed by atoms with van der Waals surface area (Å²) in [6, 6.07) is 4.68. The van der Waals surface area contributed by atoms with Crippen molar-refractivity contribution in [3.05, 3.63) is 35.1 Å². The zero-order chi connectivity index (χ0) is 10.6. The topological polar surface area (TPSA) is 20.2 Å². The highest BCUT2D eigenvalue weighted by molar-refractivity contribution is 7.98. The fourth-order valence-corrected chi connectivity index (χ4v) is 1.90. The zero-order valence-electron chi connectivity index (χ0n) is 8.46. The maximum absolute atomic E-state index is 12.8. The van der Waals surface area contributed by atoms with Crippen LogP contribution >= 0.6 is 11.8 Å². The largest absolute Gasteiger partial charge is 0.392 e. The summed E-state index contributed by atoms with van der Waals surface area (Å²) in [6.45, 7) is 1.87. The first-order valence-corrected chi connectivity index (χ1v) is 5.95. The van der Waals surface area contributed by atoms with Crippen LogP contribution in [0.5, 0.6) is 0 Å². The molecule has 1 unspecified atom stereocenters. The van der Waals surface area contributed by atoms with Crippen LogP contribution in [0.1, 0.15) is 11.1 Å². The fraction of sp³-hybridized carbons (Fsp3) is 0.455. The molecule has 1 N–H and O–H groups in total. The zero-order valence-corrected chi connectivity index (χ0v) is 9.27. The average molecular weight is 214 g/mol. The lowest BCUT2D eigenvalue weighted by molar-refractivity contribution is 0.200. The van der Waals surface area contributed by atoms with Crippen molar-refractivity contribution in [1.29, 1.82) is 0 Å². The lowest BCUT2D eigenvalue weighted by Crippen LogP contribution is -2.14. The summed E-state index contributed by atoms with van der Waals surface area (Å²) in [5, 5.41) is 9.58. The normalized spacial score (nSPS) is 12.9. The summed E-state index contributed by atoms with van der Waals surface area (Å²) >= 11 is 1.61. The second kappa shape index (κ2) is 5.37. The molecule has 0 radical (unpaired) electrons. The van der Waals surface area contributed by atoms with E-state index >= 15 is 0 Å². The number of thioether (sulfide) groups is 1. The number of hydrogen-bond donors (Lipinski definition) is 1. The van der Waals surface area contributed by atoms with Crippen LogP contribution in [-0.2, 0) is 6.42 Å². The highest BCUT2D eigenvalue weighted by Gasteiger charge is 2.07. The number of aryl methyl sites for hydroxylation is 1. The van der Waals surface area contributed by atoms with Gasteiger partial charge in [0.05, 0.1) is 6.10 Å². The maximum atomic E-state index is 12.8. The Bertz CT molecular complexity index is 301. The molecule has 0 aliphatic heterocycles. The molecule has 0 aliphatic rings. The standard InChI is InChI=1S/C11H15FOS/c1-8-5-10(12)4-3-9(8)6-11(13)7-14-2/h3-5,11,13H,6-7H2,1-2H3. The molecular weight excluding hydrogens is 199 g/mol. The molecule has 1 nitrogen and oxygen atoms in total. The van der Waals surface area contributed by atoms with E-state index < -0.39 is 0 Å². The molecular formula is C11H15FOS. The van der Waals surface area contributed by atoms with Crippen LogP contribution in [0.4, 0.5) is 4.39 Å². The predicted molar refractivity (Wildman–Crippen MR) is 59.2 cm³/mol. The Hall–Kier alpha value is -0.540. The predicted octanol–water partition coefficient (Wildman–Crippen LogP) is 2.40. The third-order valence-electron chi connectivity index (χ3n) is 2.12. The smallest absolute Gasteiger partial charge is 0.123 e. The molecule has 1 rings (SSSR count). The summed E-state index contributed by atoms with van der Waals surface area (Å²) in [6.07, 6.45) is 2.22. The first-order chi connectivity index (χ1) is 6.63. The fourth-order valence-electron chi connectivity index (χ4n) is 1.39. The van der Waals surface area contributed by atoms with Crippen LogP contribution in [0.25, 0.3) is 0 Å². The molecule has 0 aliphatic carbocycles. The molecule has 0 spiro atoms. The lowest BCUT2D eigenvalue weighted by Gasteiger charge is -2.11. The molecule has 0 saturated heterocycles. The molecule has 0 fully saturated rings. The van der Waals surface area contributed by atoms with E-state index in [1.54, 1.807) is 17.8 Å². The van der Waals surface area contributed by atoms with Crippen LogP contribution in [0.2, 0.25) is 0 Å². The van der Waals surface area contributed by atoms with Gasteiger partial charge in [-0.25, -0.2) is 4.39 Å². The van der Waals surface area contributed by atoms with Crippen molar-refractivity contribution in [2.45, 2.75) is 19.4 Å². The first kappa shape index (κ1) is 11.5. The molecule has 1 aromatic carbocycles. The van der Waals surface area contributed by atoms with Gasteiger partial charge in [0.2, 0.25) is 0 Å². The number of rotatable bonds is 4. The Morgan fingerprint density at radius 1 is 1.50 bits per heavy atom. The summed E-state index contributed by atoms with van der Waals surface area (Å²) in [5.41, 5.74) is 1.93. The van der Waals surface area contributed by atoms with Crippen LogP contribution < -0.4 is 0 Å². The number of benzene rings is 1. The molecule has 14 heavy (non-hydrogen) atoms. The Morgan fingerprint density at radius 2 is 2.21 bits per heavy atom. The van der Waals surface area contributed by atoms with E-state index in [9.17, 15) is 9.50 Å². The molecule has 0 saturated carbocycles. The van der Waals surface area contributed by atoms with Crippen molar-refractivity contribution in [2.24, 2.45) is 0 Å². The third kappa shape index (κ3) is 3.31. The van der Waals surface area contributed by atoms with E-state index in [-0.39, 0.29) is 11.9 Å². The summed E-state index contributed by atoms with van der Waals surface area (Å²) in [7, 11) is 0. The second-order valence-corrected chi connectivity index (χ2v) is 4.29. The van der Waals surface area contributed by atoms with Crippen molar-refractivity contribution in [3.63, 3.8) is 0 Å². The Balaban J connectivity index is 2.67. The third-order valence-corrected chi connectivity index (χ3v) is 2.84. The monoisotopic (exact) mass is 214 g/mol. The molecule has 3 heteroatoms. The van der Waals surface area contributed by atoms with Gasteiger partial charge in [0, 0.05) is 5.75 Å². The number of halogens is 1. The summed E-state index contributed by atoms with van der Waals surface area (Å²) < 4.78 is 12.8. The molecule has 1 atom stereocenters. The van der Waals surface area contributed by atoms with Gasteiger partial charge in [-0.15, -0.1) is 0 Å². The second-order valence-electron chi connectivity index (χ2n) is 3.38. The lowest BCUT2D eigenvalue weighted by atomic mass is 10.0. The molecule has 78 valence electrons.